The zero-order chi connectivity index (χ0) is 23.0. The summed E-state index contributed by atoms with van der Waals surface area (Å²) >= 11 is 0. The van der Waals surface area contributed by atoms with Crippen molar-refractivity contribution in [2.45, 2.75) is 18.2 Å². The van der Waals surface area contributed by atoms with Crippen LogP contribution in [0.15, 0.2) is 58.2 Å². The molecule has 1 aromatic heterocycles. The van der Waals surface area contributed by atoms with Crippen molar-refractivity contribution < 1.29 is 26.7 Å². The maximum atomic E-state index is 14.1. The Balaban J connectivity index is 1.75. The summed E-state index contributed by atoms with van der Waals surface area (Å²) in [6.07, 6.45) is 5.11. The van der Waals surface area contributed by atoms with E-state index in [0.29, 0.717) is 29.6 Å². The normalized spacial score (nSPS) is 16.1. The highest BCUT2D eigenvalue weighted by Gasteiger charge is 2.27. The molecule has 2 aliphatic rings. The van der Waals surface area contributed by atoms with Gasteiger partial charge in [-0.3, -0.25) is 19.4 Å². The molecule has 11 heteroatoms. The summed E-state index contributed by atoms with van der Waals surface area (Å²) in [5.41, 5.74) is 1.81. The van der Waals surface area contributed by atoms with Crippen LogP contribution in [-0.2, 0) is 14.8 Å². The molecule has 0 unspecified atom stereocenters. The number of anilines is 1. The number of nitrogens with one attached hydrogen (secondary N) is 1. The summed E-state index contributed by atoms with van der Waals surface area (Å²) in [6.45, 7) is 2.24. The molecule has 166 valence electrons. The molecule has 1 amide bonds. The average Bonchev–Trinajstić information content (AvgIpc) is 2.75. The topological polar surface area (TPSA) is 101 Å². The number of methoxy groups -OCH3 is 1. The quantitative estimate of drug-likeness (QED) is 0.739. The van der Waals surface area contributed by atoms with Crippen LogP contribution in [0.1, 0.15) is 18.9 Å². The lowest BCUT2D eigenvalue weighted by molar-refractivity contribution is -0.125. The van der Waals surface area contributed by atoms with Gasteiger partial charge in [0.15, 0.2) is 0 Å². The van der Waals surface area contributed by atoms with Gasteiger partial charge in [-0.1, -0.05) is 0 Å². The number of nitrogens with zero attached hydrogens (tertiary/aromatic N) is 3. The van der Waals surface area contributed by atoms with Crippen molar-refractivity contribution in [3.8, 4) is 5.88 Å². The Morgan fingerprint density at radius 2 is 2.00 bits per heavy atom. The molecule has 1 aromatic carbocycles. The lowest BCUT2D eigenvalue weighted by Crippen LogP contribution is -2.37. The minimum absolute atomic E-state index is 0.0662. The second-order valence-electron chi connectivity index (χ2n) is 7.08. The molecule has 2 aliphatic heterocycles. The van der Waals surface area contributed by atoms with E-state index >= 15 is 0 Å². The zero-order valence-electron chi connectivity index (χ0n) is 17.1. The van der Waals surface area contributed by atoms with E-state index in [2.05, 4.69) is 14.7 Å². The summed E-state index contributed by atoms with van der Waals surface area (Å²) in [6, 6.07) is 3.58. The number of amides is 1. The van der Waals surface area contributed by atoms with Crippen molar-refractivity contribution in [2.75, 3.05) is 18.4 Å². The summed E-state index contributed by atoms with van der Waals surface area (Å²) < 4.78 is 60.4. The standard InChI is InChI=1S/C21H18F2N4O4S/c1-12-7-19-24-6-5-20(28)27(19)11-15(12)13-8-17(21(31-2)25-10-13)26-32(29,30)18-9-14(22)3-4-16(18)23/h3-4,7-11,26H,5-6H2,1-2H3. The van der Waals surface area contributed by atoms with Gasteiger partial charge in [-0.2, -0.15) is 0 Å². The number of aliphatic imine (C=N–C) groups is 1. The predicted octanol–water partition coefficient (Wildman–Crippen LogP) is 3.10. The number of aromatic nitrogens is 1. The zero-order valence-corrected chi connectivity index (χ0v) is 17.9. The highest BCUT2D eigenvalue weighted by atomic mass is 32.2. The van der Waals surface area contributed by atoms with Gasteiger partial charge < -0.3 is 4.74 Å². The van der Waals surface area contributed by atoms with Gasteiger partial charge in [0.05, 0.1) is 13.7 Å². The maximum Gasteiger partial charge on any atom is 0.265 e. The number of ether oxygens (including phenoxy) is 1. The van der Waals surface area contributed by atoms with E-state index in [4.69, 9.17) is 4.74 Å². The van der Waals surface area contributed by atoms with E-state index < -0.39 is 26.6 Å². The smallest absolute Gasteiger partial charge is 0.265 e. The third-order valence-corrected chi connectivity index (χ3v) is 6.31. The lowest BCUT2D eigenvalue weighted by atomic mass is 9.97. The van der Waals surface area contributed by atoms with E-state index in [-0.39, 0.29) is 23.9 Å². The van der Waals surface area contributed by atoms with Crippen LogP contribution in [-0.4, -0.2) is 43.7 Å². The first kappa shape index (κ1) is 21.6. The Hall–Kier alpha value is -3.60. The Bertz CT molecular complexity index is 1320. The molecule has 0 bridgehead atoms. The number of halogens is 2. The van der Waals surface area contributed by atoms with Crippen LogP contribution in [0.4, 0.5) is 14.5 Å². The monoisotopic (exact) mass is 460 g/mol. The van der Waals surface area contributed by atoms with Gasteiger partial charge in [0, 0.05) is 30.0 Å². The predicted molar refractivity (Wildman–Crippen MR) is 113 cm³/mol. The van der Waals surface area contributed by atoms with Gasteiger partial charge in [-0.25, -0.2) is 22.2 Å². The third-order valence-electron chi connectivity index (χ3n) is 4.93. The minimum Gasteiger partial charge on any atom is -0.480 e. The molecule has 4 rings (SSSR count). The maximum absolute atomic E-state index is 14.1. The van der Waals surface area contributed by atoms with E-state index in [0.717, 1.165) is 17.7 Å². The fraction of sp³-hybridized carbons (Fsp3) is 0.190. The fourth-order valence-electron chi connectivity index (χ4n) is 3.37. The number of fused-ring (bicyclic) bond motifs is 1. The molecule has 32 heavy (non-hydrogen) atoms. The molecule has 0 atom stereocenters. The van der Waals surface area contributed by atoms with Crippen LogP contribution in [0.25, 0.3) is 5.57 Å². The van der Waals surface area contributed by atoms with Crippen molar-refractivity contribution in [3.05, 3.63) is 65.5 Å². The number of hydrogen-bond donors (Lipinski definition) is 1. The first-order valence-corrected chi connectivity index (χ1v) is 11.0. The molecule has 0 spiro atoms. The molecule has 0 aliphatic carbocycles. The third kappa shape index (κ3) is 3.98. The van der Waals surface area contributed by atoms with Gasteiger partial charge in [0.1, 0.15) is 28.1 Å². The number of amidine groups is 1. The number of sulfonamides is 1. The molecule has 3 heterocycles. The second-order valence-corrected chi connectivity index (χ2v) is 8.74. The highest BCUT2D eigenvalue weighted by molar-refractivity contribution is 7.92. The van der Waals surface area contributed by atoms with E-state index in [1.54, 1.807) is 12.3 Å². The van der Waals surface area contributed by atoms with Crippen LogP contribution in [0.2, 0.25) is 0 Å². The Labute approximate surface area is 183 Å². The highest BCUT2D eigenvalue weighted by Crippen LogP contribution is 2.33. The number of benzene rings is 1. The SMILES string of the molecule is COc1ncc(C2=CN3C(=O)CCN=C3C=C2C)cc1NS(=O)(=O)c1cc(F)ccc1F. The van der Waals surface area contributed by atoms with Crippen LogP contribution in [0.5, 0.6) is 5.88 Å². The van der Waals surface area contributed by atoms with Crippen molar-refractivity contribution in [1.82, 2.24) is 9.88 Å². The molecular formula is C21H18F2N4O4S. The molecule has 0 saturated carbocycles. The minimum atomic E-state index is -4.49. The van der Waals surface area contributed by atoms with Gasteiger partial charge in [-0.15, -0.1) is 0 Å². The van der Waals surface area contributed by atoms with E-state index in [1.807, 2.05) is 6.92 Å². The van der Waals surface area contributed by atoms with Crippen molar-refractivity contribution >= 4 is 33.0 Å². The molecule has 0 radical (unpaired) electrons. The largest absolute Gasteiger partial charge is 0.480 e. The molecule has 0 saturated heterocycles. The van der Waals surface area contributed by atoms with Gasteiger partial charge in [-0.05, 0) is 42.8 Å². The van der Waals surface area contributed by atoms with Crippen molar-refractivity contribution in [1.29, 1.82) is 0 Å². The van der Waals surface area contributed by atoms with E-state index in [1.165, 1.54) is 24.3 Å². The summed E-state index contributed by atoms with van der Waals surface area (Å²) in [5.74, 6) is -1.65. The first-order valence-electron chi connectivity index (χ1n) is 9.49. The number of hydrogen-bond acceptors (Lipinski definition) is 6. The van der Waals surface area contributed by atoms with Crippen LogP contribution >= 0.6 is 0 Å². The molecule has 2 aromatic rings. The number of carbonyl (C=O) groups excluding carboxylic acids is 1. The second kappa shape index (κ2) is 8.15. The Kier molecular flexibility index (Phi) is 5.51. The average molecular weight is 460 g/mol. The molecule has 8 nitrogen and oxygen atoms in total. The number of allylic oxidation sites excluding steroid dienone is 2. The Morgan fingerprint density at radius 1 is 1.22 bits per heavy atom. The van der Waals surface area contributed by atoms with Gasteiger partial charge in [0.25, 0.3) is 10.0 Å². The van der Waals surface area contributed by atoms with Crippen LogP contribution < -0.4 is 9.46 Å². The molecular weight excluding hydrogens is 442 g/mol. The number of rotatable bonds is 5. The first-order chi connectivity index (χ1) is 15.2. The number of pyridine rings is 1. The number of carbonyl (C=O) groups is 1. The van der Waals surface area contributed by atoms with Crippen LogP contribution in [0, 0.1) is 11.6 Å². The summed E-state index contributed by atoms with van der Waals surface area (Å²) in [5, 5.41) is 0. The fourth-order valence-corrected chi connectivity index (χ4v) is 4.50. The van der Waals surface area contributed by atoms with Crippen molar-refractivity contribution in [3.63, 3.8) is 0 Å². The molecule has 0 fully saturated rings. The van der Waals surface area contributed by atoms with Crippen molar-refractivity contribution in [2.24, 2.45) is 4.99 Å². The molecule has 1 N–H and O–H groups in total. The van der Waals surface area contributed by atoms with Crippen LogP contribution in [0.3, 0.4) is 0 Å². The lowest BCUT2D eigenvalue weighted by Gasteiger charge is -2.28. The summed E-state index contributed by atoms with van der Waals surface area (Å²) in [7, 11) is -3.20. The van der Waals surface area contributed by atoms with Gasteiger partial charge >= 0.3 is 0 Å². The van der Waals surface area contributed by atoms with E-state index in [9.17, 15) is 22.0 Å². The Morgan fingerprint density at radius 3 is 2.75 bits per heavy atom. The summed E-state index contributed by atoms with van der Waals surface area (Å²) in [4.78, 5) is 21.3. The van der Waals surface area contributed by atoms with Gasteiger partial charge in [0.2, 0.25) is 11.8 Å².